The van der Waals surface area contributed by atoms with E-state index in [1.807, 2.05) is 0 Å². The van der Waals surface area contributed by atoms with Gasteiger partial charge < -0.3 is 20.5 Å². The van der Waals surface area contributed by atoms with Gasteiger partial charge in [-0.25, -0.2) is 4.79 Å². The van der Waals surface area contributed by atoms with Crippen LogP contribution >= 0.6 is 12.4 Å². The molecule has 1 aliphatic heterocycles. The van der Waals surface area contributed by atoms with Gasteiger partial charge in [0.25, 0.3) is 0 Å². The van der Waals surface area contributed by atoms with E-state index in [2.05, 4.69) is 4.74 Å². The van der Waals surface area contributed by atoms with Crippen LogP contribution in [0.2, 0.25) is 0 Å². The molecule has 7 heteroatoms. The van der Waals surface area contributed by atoms with E-state index in [4.69, 9.17) is 10.8 Å². The fraction of sp³-hybridized carbons (Fsp3) is 0.714. The summed E-state index contributed by atoms with van der Waals surface area (Å²) >= 11 is 0. The van der Waals surface area contributed by atoms with Gasteiger partial charge in [0, 0.05) is 19.1 Å². The van der Waals surface area contributed by atoms with E-state index < -0.39 is 24.0 Å². The highest BCUT2D eigenvalue weighted by molar-refractivity contribution is 5.85. The van der Waals surface area contributed by atoms with Crippen molar-refractivity contribution in [2.75, 3.05) is 20.2 Å². The molecule has 3 N–H and O–H groups in total. The molecule has 14 heavy (non-hydrogen) atoms. The SMILES string of the molecule is COC(=O)N1CC(N)C(C(=O)O)C1.Cl. The number of aliphatic carboxylic acids is 1. The van der Waals surface area contributed by atoms with Crippen LogP contribution in [0.5, 0.6) is 0 Å². The topological polar surface area (TPSA) is 92.9 Å². The van der Waals surface area contributed by atoms with Gasteiger partial charge in [-0.3, -0.25) is 4.79 Å². The summed E-state index contributed by atoms with van der Waals surface area (Å²) in [4.78, 5) is 22.9. The summed E-state index contributed by atoms with van der Waals surface area (Å²) in [6.07, 6.45) is -0.529. The first-order valence-electron chi connectivity index (χ1n) is 3.87. The summed E-state index contributed by atoms with van der Waals surface area (Å²) in [6, 6.07) is -0.503. The maximum absolute atomic E-state index is 11.0. The Labute approximate surface area is 87.4 Å². The number of methoxy groups -OCH3 is 1. The number of hydrogen-bond acceptors (Lipinski definition) is 4. The number of carboxylic acid groups (broad SMARTS) is 1. The smallest absolute Gasteiger partial charge is 0.409 e. The number of halogens is 1. The summed E-state index contributed by atoms with van der Waals surface area (Å²) in [5, 5.41) is 8.70. The normalized spacial score (nSPS) is 25.4. The van der Waals surface area contributed by atoms with Crippen LogP contribution in [0, 0.1) is 5.92 Å². The van der Waals surface area contributed by atoms with Crippen LogP contribution in [0.25, 0.3) is 0 Å². The number of carbonyl (C=O) groups is 2. The molecule has 6 nitrogen and oxygen atoms in total. The van der Waals surface area contributed by atoms with Gasteiger partial charge in [0.2, 0.25) is 0 Å². The van der Waals surface area contributed by atoms with Crippen molar-refractivity contribution in [3.63, 3.8) is 0 Å². The number of amides is 1. The zero-order valence-corrected chi connectivity index (χ0v) is 8.49. The van der Waals surface area contributed by atoms with E-state index >= 15 is 0 Å². The zero-order valence-electron chi connectivity index (χ0n) is 7.67. The monoisotopic (exact) mass is 224 g/mol. The Morgan fingerprint density at radius 2 is 2.07 bits per heavy atom. The highest BCUT2D eigenvalue weighted by atomic mass is 35.5. The van der Waals surface area contributed by atoms with E-state index in [0.717, 1.165) is 0 Å². The van der Waals surface area contributed by atoms with Gasteiger partial charge >= 0.3 is 12.1 Å². The van der Waals surface area contributed by atoms with Gasteiger partial charge in [-0.15, -0.1) is 12.4 Å². The molecule has 0 aromatic rings. The molecule has 2 unspecified atom stereocenters. The van der Waals surface area contributed by atoms with E-state index in [1.165, 1.54) is 12.0 Å². The van der Waals surface area contributed by atoms with Crippen molar-refractivity contribution in [1.82, 2.24) is 4.90 Å². The van der Waals surface area contributed by atoms with Gasteiger partial charge in [0.05, 0.1) is 13.0 Å². The number of likely N-dealkylation sites (tertiary alicyclic amines) is 1. The molecule has 1 heterocycles. The standard InChI is InChI=1S/C7H12N2O4.ClH/c1-13-7(12)9-2-4(6(10)11)5(8)3-9;/h4-5H,2-3,8H2,1H3,(H,10,11);1H. The minimum absolute atomic E-state index is 0. The van der Waals surface area contributed by atoms with Crippen molar-refractivity contribution in [2.45, 2.75) is 6.04 Å². The molecule has 0 aliphatic carbocycles. The van der Waals surface area contributed by atoms with Crippen LogP contribution in [0.15, 0.2) is 0 Å². The molecule has 0 radical (unpaired) electrons. The van der Waals surface area contributed by atoms with Crippen molar-refractivity contribution in [1.29, 1.82) is 0 Å². The average Bonchev–Trinajstić information content (AvgIpc) is 2.46. The summed E-state index contributed by atoms with van der Waals surface area (Å²) in [5.74, 6) is -1.65. The molecule has 82 valence electrons. The lowest BCUT2D eigenvalue weighted by atomic mass is 10.1. The summed E-state index contributed by atoms with van der Waals surface area (Å²) < 4.78 is 4.45. The van der Waals surface area contributed by atoms with Gasteiger partial charge in [-0.1, -0.05) is 0 Å². The Morgan fingerprint density at radius 1 is 1.50 bits per heavy atom. The van der Waals surface area contributed by atoms with Crippen molar-refractivity contribution in [2.24, 2.45) is 11.7 Å². The lowest BCUT2D eigenvalue weighted by Gasteiger charge is -2.12. The Kier molecular flexibility index (Phi) is 4.65. The lowest BCUT2D eigenvalue weighted by molar-refractivity contribution is -0.141. The maximum Gasteiger partial charge on any atom is 0.409 e. The second-order valence-electron chi connectivity index (χ2n) is 2.98. The largest absolute Gasteiger partial charge is 0.481 e. The third kappa shape index (κ3) is 2.49. The van der Waals surface area contributed by atoms with Crippen LogP contribution in [0.3, 0.4) is 0 Å². The Hall–Kier alpha value is -1.01. The molecule has 2 atom stereocenters. The second kappa shape index (κ2) is 5.02. The molecule has 0 aromatic heterocycles. The highest BCUT2D eigenvalue weighted by Gasteiger charge is 2.37. The number of nitrogens with two attached hydrogens (primary N) is 1. The number of carbonyl (C=O) groups excluding carboxylic acids is 1. The van der Waals surface area contributed by atoms with Crippen LogP contribution < -0.4 is 5.73 Å². The summed E-state index contributed by atoms with van der Waals surface area (Å²) in [6.45, 7) is 0.368. The second-order valence-corrected chi connectivity index (χ2v) is 2.98. The minimum atomic E-state index is -0.973. The molecule has 1 fully saturated rings. The zero-order chi connectivity index (χ0) is 10.0. The van der Waals surface area contributed by atoms with Gasteiger partial charge in [-0.05, 0) is 0 Å². The molecular formula is C7H13ClN2O4. The van der Waals surface area contributed by atoms with E-state index in [1.54, 1.807) is 0 Å². The van der Waals surface area contributed by atoms with E-state index in [9.17, 15) is 9.59 Å². The van der Waals surface area contributed by atoms with Crippen molar-refractivity contribution < 1.29 is 19.4 Å². The number of rotatable bonds is 1. The van der Waals surface area contributed by atoms with E-state index in [0.29, 0.717) is 0 Å². The van der Waals surface area contributed by atoms with Crippen molar-refractivity contribution >= 4 is 24.5 Å². The maximum atomic E-state index is 11.0. The van der Waals surface area contributed by atoms with Crippen LogP contribution in [0.1, 0.15) is 0 Å². The molecule has 0 saturated carbocycles. The molecule has 0 bridgehead atoms. The predicted molar refractivity (Wildman–Crippen MR) is 50.3 cm³/mol. The quantitative estimate of drug-likeness (QED) is 0.628. The summed E-state index contributed by atoms with van der Waals surface area (Å²) in [7, 11) is 1.25. The van der Waals surface area contributed by atoms with Crippen LogP contribution in [-0.4, -0.2) is 48.3 Å². The van der Waals surface area contributed by atoms with Crippen LogP contribution in [-0.2, 0) is 9.53 Å². The molecule has 0 aromatic carbocycles. The van der Waals surface area contributed by atoms with E-state index in [-0.39, 0.29) is 25.5 Å². The van der Waals surface area contributed by atoms with Gasteiger partial charge in [0.15, 0.2) is 0 Å². The number of hydrogen-bond donors (Lipinski definition) is 2. The first kappa shape index (κ1) is 13.0. The van der Waals surface area contributed by atoms with Crippen molar-refractivity contribution in [3.8, 4) is 0 Å². The molecule has 1 amide bonds. The van der Waals surface area contributed by atoms with Crippen molar-refractivity contribution in [3.05, 3.63) is 0 Å². The Bertz CT molecular complexity index is 236. The highest BCUT2D eigenvalue weighted by Crippen LogP contribution is 2.15. The lowest BCUT2D eigenvalue weighted by Crippen LogP contribution is -2.34. The third-order valence-electron chi connectivity index (χ3n) is 2.12. The average molecular weight is 225 g/mol. The molecule has 1 saturated heterocycles. The summed E-state index contributed by atoms with van der Waals surface area (Å²) in [5.41, 5.74) is 5.53. The number of ether oxygens (including phenoxy) is 1. The van der Waals surface area contributed by atoms with Gasteiger partial charge in [-0.2, -0.15) is 0 Å². The third-order valence-corrected chi connectivity index (χ3v) is 2.12. The fourth-order valence-corrected chi connectivity index (χ4v) is 1.37. The Morgan fingerprint density at radius 3 is 2.43 bits per heavy atom. The minimum Gasteiger partial charge on any atom is -0.481 e. The predicted octanol–water partition coefficient (Wildman–Crippen LogP) is -0.482. The number of carboxylic acids is 1. The number of nitrogens with zero attached hydrogens (tertiary/aromatic N) is 1. The first-order chi connectivity index (χ1) is 6.06. The Balaban J connectivity index is 0.00000169. The van der Waals surface area contributed by atoms with Gasteiger partial charge in [0.1, 0.15) is 0 Å². The first-order valence-corrected chi connectivity index (χ1v) is 3.87. The molecule has 1 aliphatic rings. The van der Waals surface area contributed by atoms with Crippen LogP contribution in [0.4, 0.5) is 4.79 Å². The fourth-order valence-electron chi connectivity index (χ4n) is 1.37. The molecule has 1 rings (SSSR count). The molecule has 0 spiro atoms. The molecular weight excluding hydrogens is 212 g/mol.